The van der Waals surface area contributed by atoms with Crippen LogP contribution in [0.3, 0.4) is 0 Å². The molecule has 2 amide bonds. The highest BCUT2D eigenvalue weighted by Crippen LogP contribution is 2.24. The molecule has 1 aliphatic heterocycles. The summed E-state index contributed by atoms with van der Waals surface area (Å²) in [6.07, 6.45) is 3.37. The fourth-order valence-electron chi connectivity index (χ4n) is 2.28. The minimum atomic E-state index is -0.514. The zero-order chi connectivity index (χ0) is 16.6. The van der Waals surface area contributed by atoms with Gasteiger partial charge in [0.1, 0.15) is 5.57 Å². The van der Waals surface area contributed by atoms with Crippen LogP contribution in [0, 0.1) is 0 Å². The molecular weight excluding hydrogens is 334 g/mol. The fourth-order valence-corrected chi connectivity index (χ4v) is 2.74. The maximum Gasteiger partial charge on any atom is 0.270 e. The van der Waals surface area contributed by atoms with E-state index in [-0.39, 0.29) is 10.7 Å². The lowest BCUT2D eigenvalue weighted by atomic mass is 10.1. The lowest BCUT2D eigenvalue weighted by Crippen LogP contribution is -2.54. The SMILES string of the molecule is Cn1cccc1/C=C1\C(=O)NC(=S)N(c2cccc(Cl)c2)C1=O. The Morgan fingerprint density at radius 1 is 1.22 bits per heavy atom. The normalized spacial score (nSPS) is 16.9. The monoisotopic (exact) mass is 345 g/mol. The molecule has 0 saturated carbocycles. The second-order valence-corrected chi connectivity index (χ2v) is 5.80. The third-order valence-electron chi connectivity index (χ3n) is 3.44. The van der Waals surface area contributed by atoms with Crippen LogP contribution in [0.25, 0.3) is 6.08 Å². The second-order valence-electron chi connectivity index (χ2n) is 4.98. The van der Waals surface area contributed by atoms with Crippen molar-refractivity contribution in [1.29, 1.82) is 0 Å². The number of nitrogens with one attached hydrogen (secondary N) is 1. The van der Waals surface area contributed by atoms with Crippen LogP contribution < -0.4 is 10.2 Å². The van der Waals surface area contributed by atoms with Gasteiger partial charge in [0.2, 0.25) is 0 Å². The molecule has 3 rings (SSSR count). The first-order valence-corrected chi connectivity index (χ1v) is 7.54. The third kappa shape index (κ3) is 2.91. The second kappa shape index (κ2) is 5.98. The third-order valence-corrected chi connectivity index (χ3v) is 3.96. The van der Waals surface area contributed by atoms with Crippen molar-refractivity contribution in [1.82, 2.24) is 9.88 Å². The summed E-state index contributed by atoms with van der Waals surface area (Å²) in [6.45, 7) is 0. The molecule has 2 heterocycles. The Morgan fingerprint density at radius 3 is 2.65 bits per heavy atom. The largest absolute Gasteiger partial charge is 0.351 e. The van der Waals surface area contributed by atoms with Gasteiger partial charge in [0.05, 0.1) is 5.69 Å². The first-order valence-electron chi connectivity index (χ1n) is 6.76. The Morgan fingerprint density at radius 2 is 2.00 bits per heavy atom. The van der Waals surface area contributed by atoms with Gasteiger partial charge in [0.15, 0.2) is 5.11 Å². The Kier molecular flexibility index (Phi) is 4.02. The predicted molar refractivity (Wildman–Crippen MR) is 93.1 cm³/mol. The van der Waals surface area contributed by atoms with Crippen LogP contribution in [-0.2, 0) is 16.6 Å². The van der Waals surface area contributed by atoms with E-state index in [0.717, 1.165) is 5.69 Å². The number of aromatic nitrogens is 1. The van der Waals surface area contributed by atoms with Gasteiger partial charge in [-0.2, -0.15) is 0 Å². The molecule has 1 N–H and O–H groups in total. The number of benzene rings is 1. The van der Waals surface area contributed by atoms with Gasteiger partial charge in [-0.1, -0.05) is 17.7 Å². The predicted octanol–water partition coefficient (Wildman–Crippen LogP) is 2.51. The van der Waals surface area contributed by atoms with Gasteiger partial charge < -0.3 is 4.57 Å². The molecule has 0 unspecified atom stereocenters. The van der Waals surface area contributed by atoms with Crippen LogP contribution in [0.15, 0.2) is 48.2 Å². The Hall–Kier alpha value is -2.44. The lowest BCUT2D eigenvalue weighted by Gasteiger charge is -2.29. The number of hydrogen-bond donors (Lipinski definition) is 1. The number of hydrogen-bond acceptors (Lipinski definition) is 3. The van der Waals surface area contributed by atoms with E-state index in [9.17, 15) is 9.59 Å². The van der Waals surface area contributed by atoms with Crippen molar-refractivity contribution >= 4 is 52.5 Å². The van der Waals surface area contributed by atoms with Gasteiger partial charge in [-0.25, -0.2) is 0 Å². The molecular formula is C16H12ClN3O2S. The Bertz CT molecular complexity index is 857. The van der Waals surface area contributed by atoms with Crippen LogP contribution in [0.4, 0.5) is 5.69 Å². The van der Waals surface area contributed by atoms with Crippen molar-refractivity contribution in [2.45, 2.75) is 0 Å². The standard InChI is InChI=1S/C16H12ClN3O2S/c1-19-7-3-6-11(19)9-13-14(21)18-16(23)20(15(13)22)12-5-2-4-10(17)8-12/h2-9H,1H3,(H,18,21,23)/b13-9+. The van der Waals surface area contributed by atoms with Crippen molar-refractivity contribution in [2.75, 3.05) is 4.90 Å². The minimum absolute atomic E-state index is 0.0142. The summed E-state index contributed by atoms with van der Waals surface area (Å²) in [5.74, 6) is -0.998. The summed E-state index contributed by atoms with van der Waals surface area (Å²) in [5.41, 5.74) is 1.26. The number of anilines is 1. The van der Waals surface area contributed by atoms with Gasteiger partial charge in [0.25, 0.3) is 11.8 Å². The molecule has 5 nitrogen and oxygen atoms in total. The van der Waals surface area contributed by atoms with E-state index in [0.29, 0.717) is 10.7 Å². The number of thiocarbonyl (C=S) groups is 1. The molecule has 1 saturated heterocycles. The highest BCUT2D eigenvalue weighted by molar-refractivity contribution is 7.80. The molecule has 7 heteroatoms. The quantitative estimate of drug-likeness (QED) is 0.517. The number of carbonyl (C=O) groups is 2. The van der Waals surface area contributed by atoms with E-state index >= 15 is 0 Å². The van der Waals surface area contributed by atoms with Crippen molar-refractivity contribution in [3.05, 3.63) is 58.9 Å². The van der Waals surface area contributed by atoms with Gasteiger partial charge in [-0.15, -0.1) is 0 Å². The first-order chi connectivity index (χ1) is 11.0. The molecule has 1 fully saturated rings. The maximum absolute atomic E-state index is 12.8. The molecule has 0 radical (unpaired) electrons. The van der Waals surface area contributed by atoms with E-state index < -0.39 is 11.8 Å². The fraction of sp³-hybridized carbons (Fsp3) is 0.0625. The summed E-state index contributed by atoms with van der Waals surface area (Å²) in [5, 5.41) is 3.05. The van der Waals surface area contributed by atoms with Crippen molar-refractivity contribution in [3.63, 3.8) is 0 Å². The van der Waals surface area contributed by atoms with E-state index in [1.165, 1.54) is 11.0 Å². The van der Waals surface area contributed by atoms with E-state index in [2.05, 4.69) is 5.32 Å². The first kappa shape index (κ1) is 15.5. The smallest absolute Gasteiger partial charge is 0.270 e. The van der Waals surface area contributed by atoms with Crippen LogP contribution in [0.2, 0.25) is 5.02 Å². The van der Waals surface area contributed by atoms with E-state index in [1.54, 1.807) is 24.3 Å². The van der Waals surface area contributed by atoms with Crippen molar-refractivity contribution < 1.29 is 9.59 Å². The molecule has 0 spiro atoms. The Balaban J connectivity index is 2.04. The molecule has 1 aromatic heterocycles. The molecule has 23 heavy (non-hydrogen) atoms. The number of halogens is 1. The van der Waals surface area contributed by atoms with Gasteiger partial charge in [0, 0.05) is 24.0 Å². The van der Waals surface area contributed by atoms with Crippen LogP contribution in [0.5, 0.6) is 0 Å². The van der Waals surface area contributed by atoms with Crippen LogP contribution in [0.1, 0.15) is 5.69 Å². The van der Waals surface area contributed by atoms with Gasteiger partial charge >= 0.3 is 0 Å². The summed E-state index contributed by atoms with van der Waals surface area (Å²) >= 11 is 11.1. The van der Waals surface area contributed by atoms with Crippen molar-refractivity contribution in [2.24, 2.45) is 7.05 Å². The molecule has 116 valence electrons. The zero-order valence-electron chi connectivity index (χ0n) is 12.1. The molecule has 1 aliphatic rings. The number of aryl methyl sites for hydroxylation is 1. The highest BCUT2D eigenvalue weighted by Gasteiger charge is 2.34. The average Bonchev–Trinajstić information content (AvgIpc) is 2.88. The summed E-state index contributed by atoms with van der Waals surface area (Å²) < 4.78 is 1.81. The summed E-state index contributed by atoms with van der Waals surface area (Å²) in [4.78, 5) is 26.2. The molecule has 0 aliphatic carbocycles. The van der Waals surface area contributed by atoms with E-state index in [4.69, 9.17) is 23.8 Å². The van der Waals surface area contributed by atoms with Gasteiger partial charge in [-0.3, -0.25) is 19.8 Å². The number of carbonyl (C=O) groups excluding carboxylic acids is 2. The maximum atomic E-state index is 12.8. The molecule has 1 aromatic carbocycles. The van der Waals surface area contributed by atoms with Crippen LogP contribution in [-0.4, -0.2) is 21.5 Å². The molecule has 2 aromatic rings. The Labute approximate surface area is 143 Å². The summed E-state index contributed by atoms with van der Waals surface area (Å²) in [7, 11) is 1.83. The summed E-state index contributed by atoms with van der Waals surface area (Å²) in [6, 6.07) is 10.4. The number of rotatable bonds is 2. The topological polar surface area (TPSA) is 54.3 Å². The highest BCUT2D eigenvalue weighted by atomic mass is 35.5. The van der Waals surface area contributed by atoms with Crippen molar-refractivity contribution in [3.8, 4) is 0 Å². The van der Waals surface area contributed by atoms with E-state index in [1.807, 2.05) is 29.9 Å². The molecule has 0 atom stereocenters. The lowest BCUT2D eigenvalue weighted by molar-refractivity contribution is -0.122. The van der Waals surface area contributed by atoms with Crippen LogP contribution >= 0.6 is 23.8 Å². The van der Waals surface area contributed by atoms with Gasteiger partial charge in [-0.05, 0) is 48.6 Å². The number of nitrogens with zero attached hydrogens (tertiary/aromatic N) is 2. The molecule has 0 bridgehead atoms. The average molecular weight is 346 g/mol. The zero-order valence-corrected chi connectivity index (χ0v) is 13.7. The number of amides is 2. The minimum Gasteiger partial charge on any atom is -0.351 e.